The Morgan fingerprint density at radius 1 is 0.643 bits per heavy atom. The van der Waals surface area contributed by atoms with Crippen LogP contribution in [0.25, 0.3) is 0 Å². The SMILES string of the molecule is O=C(Nc1ccccc1)Nc1ccc(NC(=O)c2ccc3c(c2)CCC3)cc1. The third kappa shape index (κ3) is 4.20. The van der Waals surface area contributed by atoms with Crippen molar-refractivity contribution >= 4 is 29.0 Å². The van der Waals surface area contributed by atoms with Crippen molar-refractivity contribution in [3.8, 4) is 0 Å². The molecular weight excluding hydrogens is 350 g/mol. The van der Waals surface area contributed by atoms with Crippen LogP contribution >= 0.6 is 0 Å². The Morgan fingerprint density at radius 2 is 1.25 bits per heavy atom. The fourth-order valence-electron chi connectivity index (χ4n) is 3.37. The zero-order valence-corrected chi connectivity index (χ0v) is 15.4. The number of benzene rings is 3. The number of amides is 3. The maximum absolute atomic E-state index is 12.5. The van der Waals surface area contributed by atoms with Crippen molar-refractivity contribution in [2.45, 2.75) is 19.3 Å². The largest absolute Gasteiger partial charge is 0.323 e. The van der Waals surface area contributed by atoms with E-state index in [1.165, 1.54) is 11.1 Å². The van der Waals surface area contributed by atoms with Gasteiger partial charge in [-0.05, 0) is 78.9 Å². The van der Waals surface area contributed by atoms with Crippen LogP contribution in [0.1, 0.15) is 27.9 Å². The van der Waals surface area contributed by atoms with Gasteiger partial charge in [-0.1, -0.05) is 24.3 Å². The molecule has 3 aromatic carbocycles. The predicted molar refractivity (Wildman–Crippen MR) is 112 cm³/mol. The van der Waals surface area contributed by atoms with Crippen LogP contribution in [0, 0.1) is 0 Å². The number of nitrogens with one attached hydrogen (secondary N) is 3. The van der Waals surface area contributed by atoms with Crippen molar-refractivity contribution in [1.82, 2.24) is 0 Å². The molecule has 4 rings (SSSR count). The summed E-state index contributed by atoms with van der Waals surface area (Å²) < 4.78 is 0. The molecule has 0 aromatic heterocycles. The second kappa shape index (κ2) is 7.96. The van der Waals surface area contributed by atoms with Crippen LogP contribution in [0.2, 0.25) is 0 Å². The fourth-order valence-corrected chi connectivity index (χ4v) is 3.37. The number of rotatable bonds is 4. The molecule has 28 heavy (non-hydrogen) atoms. The highest BCUT2D eigenvalue weighted by atomic mass is 16.2. The van der Waals surface area contributed by atoms with Crippen molar-refractivity contribution in [2.75, 3.05) is 16.0 Å². The molecule has 0 saturated carbocycles. The van der Waals surface area contributed by atoms with Crippen molar-refractivity contribution in [3.63, 3.8) is 0 Å². The summed E-state index contributed by atoms with van der Waals surface area (Å²) >= 11 is 0. The number of hydrogen-bond donors (Lipinski definition) is 3. The first-order valence-electron chi connectivity index (χ1n) is 9.34. The molecule has 3 N–H and O–H groups in total. The predicted octanol–water partition coefficient (Wildman–Crippen LogP) is 5.07. The maximum atomic E-state index is 12.5. The Hall–Kier alpha value is -3.60. The molecule has 0 saturated heterocycles. The summed E-state index contributed by atoms with van der Waals surface area (Å²) in [5.74, 6) is -0.128. The van der Waals surface area contributed by atoms with Gasteiger partial charge < -0.3 is 16.0 Å². The van der Waals surface area contributed by atoms with E-state index in [0.717, 1.165) is 24.9 Å². The van der Waals surface area contributed by atoms with Crippen LogP contribution in [-0.4, -0.2) is 11.9 Å². The summed E-state index contributed by atoms with van der Waals surface area (Å²) in [6, 6.07) is 21.9. The van der Waals surface area contributed by atoms with E-state index in [2.05, 4.69) is 22.0 Å². The van der Waals surface area contributed by atoms with Gasteiger partial charge in [0, 0.05) is 22.6 Å². The van der Waals surface area contributed by atoms with Crippen LogP contribution in [0.5, 0.6) is 0 Å². The van der Waals surface area contributed by atoms with Crippen molar-refractivity contribution in [2.24, 2.45) is 0 Å². The molecule has 0 fully saturated rings. The molecule has 0 heterocycles. The first-order chi connectivity index (χ1) is 13.7. The van der Waals surface area contributed by atoms with Crippen molar-refractivity contribution in [3.05, 3.63) is 89.5 Å². The number of para-hydroxylation sites is 1. The summed E-state index contributed by atoms with van der Waals surface area (Å²) in [7, 11) is 0. The Bertz CT molecular complexity index is 998. The minimum absolute atomic E-state index is 0.128. The first-order valence-corrected chi connectivity index (χ1v) is 9.34. The quantitative estimate of drug-likeness (QED) is 0.599. The lowest BCUT2D eigenvalue weighted by Gasteiger charge is -2.10. The van der Waals surface area contributed by atoms with Crippen LogP contribution in [0.4, 0.5) is 21.9 Å². The van der Waals surface area contributed by atoms with Crippen LogP contribution < -0.4 is 16.0 Å². The Morgan fingerprint density at radius 3 is 1.96 bits per heavy atom. The third-order valence-corrected chi connectivity index (χ3v) is 4.79. The van der Waals surface area contributed by atoms with Gasteiger partial charge in [-0.2, -0.15) is 0 Å². The van der Waals surface area contributed by atoms with E-state index in [1.807, 2.05) is 42.5 Å². The molecule has 0 radical (unpaired) electrons. The molecule has 0 atom stereocenters. The van der Waals surface area contributed by atoms with E-state index in [4.69, 9.17) is 0 Å². The van der Waals surface area contributed by atoms with Crippen LogP contribution in [-0.2, 0) is 12.8 Å². The van der Waals surface area contributed by atoms with Crippen LogP contribution in [0.3, 0.4) is 0 Å². The molecule has 3 aromatic rings. The molecule has 140 valence electrons. The second-order valence-corrected chi connectivity index (χ2v) is 6.81. The lowest BCUT2D eigenvalue weighted by Crippen LogP contribution is -2.19. The number of urea groups is 1. The minimum atomic E-state index is -0.318. The number of hydrogen-bond acceptors (Lipinski definition) is 2. The van der Waals surface area contributed by atoms with E-state index in [0.29, 0.717) is 16.9 Å². The van der Waals surface area contributed by atoms with Gasteiger partial charge in [-0.15, -0.1) is 0 Å². The average Bonchev–Trinajstić information content (AvgIpc) is 3.18. The van der Waals surface area contributed by atoms with E-state index in [-0.39, 0.29) is 11.9 Å². The maximum Gasteiger partial charge on any atom is 0.323 e. The monoisotopic (exact) mass is 371 g/mol. The summed E-state index contributed by atoms with van der Waals surface area (Å²) in [5.41, 5.74) is 5.34. The van der Waals surface area contributed by atoms with E-state index in [9.17, 15) is 9.59 Å². The number of carbonyl (C=O) groups is 2. The third-order valence-electron chi connectivity index (χ3n) is 4.79. The smallest absolute Gasteiger partial charge is 0.322 e. The van der Waals surface area contributed by atoms with E-state index in [1.54, 1.807) is 24.3 Å². The molecule has 3 amide bonds. The first kappa shape index (κ1) is 17.8. The highest BCUT2D eigenvalue weighted by Crippen LogP contribution is 2.23. The highest BCUT2D eigenvalue weighted by molar-refractivity contribution is 6.05. The Labute approximate surface area is 163 Å². The van der Waals surface area contributed by atoms with Crippen molar-refractivity contribution < 1.29 is 9.59 Å². The second-order valence-electron chi connectivity index (χ2n) is 6.81. The number of fused-ring (bicyclic) bond motifs is 1. The molecule has 1 aliphatic carbocycles. The molecule has 0 bridgehead atoms. The van der Waals surface area contributed by atoms with Gasteiger partial charge in [0.2, 0.25) is 0 Å². The lowest BCUT2D eigenvalue weighted by atomic mass is 10.1. The van der Waals surface area contributed by atoms with Gasteiger partial charge in [0.15, 0.2) is 0 Å². The normalized spacial score (nSPS) is 12.1. The van der Waals surface area contributed by atoms with Gasteiger partial charge >= 0.3 is 6.03 Å². The van der Waals surface area contributed by atoms with Gasteiger partial charge in [0.25, 0.3) is 5.91 Å². The van der Waals surface area contributed by atoms with Crippen LogP contribution in [0.15, 0.2) is 72.8 Å². The summed E-state index contributed by atoms with van der Waals surface area (Å²) in [5, 5.41) is 8.43. The summed E-state index contributed by atoms with van der Waals surface area (Å²) in [6.07, 6.45) is 3.30. The fraction of sp³-hybridized carbons (Fsp3) is 0.130. The molecule has 0 aliphatic heterocycles. The summed E-state index contributed by atoms with van der Waals surface area (Å²) in [6.45, 7) is 0. The van der Waals surface area contributed by atoms with Gasteiger partial charge in [-0.3, -0.25) is 4.79 Å². The topological polar surface area (TPSA) is 70.2 Å². The number of anilines is 3. The molecule has 5 nitrogen and oxygen atoms in total. The molecule has 1 aliphatic rings. The van der Waals surface area contributed by atoms with Gasteiger partial charge in [-0.25, -0.2) is 4.79 Å². The highest BCUT2D eigenvalue weighted by Gasteiger charge is 2.14. The zero-order chi connectivity index (χ0) is 19.3. The van der Waals surface area contributed by atoms with E-state index >= 15 is 0 Å². The Balaban J connectivity index is 1.35. The zero-order valence-electron chi connectivity index (χ0n) is 15.4. The lowest BCUT2D eigenvalue weighted by molar-refractivity contribution is 0.102. The summed E-state index contributed by atoms with van der Waals surface area (Å²) in [4.78, 5) is 24.5. The molecule has 0 unspecified atom stereocenters. The Kier molecular flexibility index (Phi) is 5.06. The standard InChI is InChI=1S/C23H21N3O2/c27-22(18-10-9-16-5-4-6-17(16)15-18)24-20-11-13-21(14-12-20)26-23(28)25-19-7-2-1-3-8-19/h1-3,7-15H,4-6H2,(H,24,27)(H2,25,26,28). The number of aryl methyl sites for hydroxylation is 2. The molecule has 0 spiro atoms. The molecular formula is C23H21N3O2. The van der Waals surface area contributed by atoms with Crippen molar-refractivity contribution in [1.29, 1.82) is 0 Å². The average molecular weight is 371 g/mol. The van der Waals surface area contributed by atoms with Gasteiger partial charge in [0.05, 0.1) is 0 Å². The van der Waals surface area contributed by atoms with E-state index < -0.39 is 0 Å². The molecule has 5 heteroatoms. The number of carbonyl (C=O) groups excluding carboxylic acids is 2. The minimum Gasteiger partial charge on any atom is -0.322 e. The van der Waals surface area contributed by atoms with Gasteiger partial charge in [0.1, 0.15) is 0 Å².